The summed E-state index contributed by atoms with van der Waals surface area (Å²) in [6.45, 7) is 0.260. The summed E-state index contributed by atoms with van der Waals surface area (Å²) >= 11 is 0. The molecule has 2 rings (SSSR count). The molecule has 0 radical (unpaired) electrons. The summed E-state index contributed by atoms with van der Waals surface area (Å²) in [6, 6.07) is 8.12. The summed E-state index contributed by atoms with van der Waals surface area (Å²) in [5, 5.41) is 2.29. The summed E-state index contributed by atoms with van der Waals surface area (Å²) in [5.74, 6) is -0.227. The summed E-state index contributed by atoms with van der Waals surface area (Å²) in [7, 11) is 0. The normalized spacial score (nSPS) is 16.8. The van der Waals surface area contributed by atoms with Crippen molar-refractivity contribution in [2.24, 2.45) is 5.92 Å². The lowest BCUT2D eigenvalue weighted by Crippen LogP contribution is -2.40. The Morgan fingerprint density at radius 2 is 1.95 bits per heavy atom. The van der Waals surface area contributed by atoms with Crippen molar-refractivity contribution in [3.8, 4) is 0 Å². The first kappa shape index (κ1) is 14.8. The highest BCUT2D eigenvalue weighted by molar-refractivity contribution is 5.94. The van der Waals surface area contributed by atoms with Gasteiger partial charge in [0.1, 0.15) is 6.23 Å². The van der Waals surface area contributed by atoms with Gasteiger partial charge in [-0.15, -0.1) is 0 Å². The molecule has 1 fully saturated rings. The highest BCUT2D eigenvalue weighted by Crippen LogP contribution is 2.30. The number of nitrogens with one attached hydrogen (secondary N) is 1. The van der Waals surface area contributed by atoms with E-state index in [1.807, 2.05) is 0 Å². The van der Waals surface area contributed by atoms with E-state index in [0.717, 1.165) is 12.8 Å². The molecule has 0 unspecified atom stereocenters. The number of rotatable bonds is 6. The minimum Gasteiger partial charge on any atom is -0.358 e. The van der Waals surface area contributed by atoms with Gasteiger partial charge in [0.05, 0.1) is 13.0 Å². The Kier molecular flexibility index (Phi) is 4.65. The van der Waals surface area contributed by atoms with Gasteiger partial charge in [0.25, 0.3) is 5.91 Å². The van der Waals surface area contributed by atoms with Crippen molar-refractivity contribution in [3.63, 3.8) is 0 Å². The summed E-state index contributed by atoms with van der Waals surface area (Å²) < 4.78 is 42.6. The lowest BCUT2D eigenvalue weighted by molar-refractivity contribution is -0.163. The van der Waals surface area contributed by atoms with Crippen molar-refractivity contribution in [2.75, 3.05) is 6.61 Å². The smallest absolute Gasteiger partial charge is 0.358 e. The zero-order chi connectivity index (χ0) is 14.6. The third-order valence-electron chi connectivity index (χ3n) is 2.97. The average Bonchev–Trinajstić information content (AvgIpc) is 3.19. The van der Waals surface area contributed by atoms with Crippen LogP contribution in [0.25, 0.3) is 0 Å². The number of hydrogen-bond acceptors (Lipinski definition) is 2. The van der Waals surface area contributed by atoms with Gasteiger partial charge in [-0.05, 0) is 30.9 Å². The molecule has 0 heterocycles. The van der Waals surface area contributed by atoms with E-state index in [9.17, 15) is 18.0 Å². The van der Waals surface area contributed by atoms with Crippen LogP contribution in [0.1, 0.15) is 29.6 Å². The molecule has 1 aliphatic carbocycles. The van der Waals surface area contributed by atoms with Crippen LogP contribution in [0.4, 0.5) is 13.2 Å². The quantitative estimate of drug-likeness (QED) is 0.816. The van der Waals surface area contributed by atoms with Crippen molar-refractivity contribution in [3.05, 3.63) is 35.9 Å². The van der Waals surface area contributed by atoms with Gasteiger partial charge in [-0.2, -0.15) is 13.2 Å². The van der Waals surface area contributed by atoms with Crippen LogP contribution in [0.3, 0.4) is 0 Å². The maximum absolute atomic E-state index is 12.5. The topological polar surface area (TPSA) is 38.3 Å². The van der Waals surface area contributed by atoms with E-state index in [1.54, 1.807) is 30.3 Å². The molecule has 1 aromatic rings. The minimum absolute atomic E-state index is 0.260. The second kappa shape index (κ2) is 6.26. The van der Waals surface area contributed by atoms with E-state index < -0.39 is 24.7 Å². The van der Waals surface area contributed by atoms with Crippen LogP contribution in [0.5, 0.6) is 0 Å². The SMILES string of the molecule is O=C(N[C@H](CC(F)(F)F)OCC1CC1)c1ccccc1. The van der Waals surface area contributed by atoms with E-state index in [-0.39, 0.29) is 6.61 Å². The van der Waals surface area contributed by atoms with Crippen LogP contribution < -0.4 is 5.32 Å². The molecule has 1 N–H and O–H groups in total. The maximum atomic E-state index is 12.5. The number of carbonyl (C=O) groups excluding carboxylic acids is 1. The predicted molar refractivity (Wildman–Crippen MR) is 67.0 cm³/mol. The van der Waals surface area contributed by atoms with Crippen LogP contribution in [0, 0.1) is 5.92 Å². The fraction of sp³-hybridized carbons (Fsp3) is 0.500. The largest absolute Gasteiger partial charge is 0.393 e. The van der Waals surface area contributed by atoms with Crippen molar-refractivity contribution in [1.29, 1.82) is 0 Å². The molecule has 0 bridgehead atoms. The monoisotopic (exact) mass is 287 g/mol. The van der Waals surface area contributed by atoms with E-state index in [4.69, 9.17) is 4.74 Å². The van der Waals surface area contributed by atoms with Gasteiger partial charge in [0.15, 0.2) is 0 Å². The number of benzene rings is 1. The lowest BCUT2D eigenvalue weighted by Gasteiger charge is -2.20. The molecule has 0 aliphatic heterocycles. The summed E-state index contributed by atoms with van der Waals surface area (Å²) in [4.78, 5) is 11.8. The van der Waals surface area contributed by atoms with Crippen LogP contribution >= 0.6 is 0 Å². The zero-order valence-electron chi connectivity index (χ0n) is 10.8. The molecule has 0 saturated heterocycles. The molecule has 110 valence electrons. The molecule has 1 amide bonds. The third-order valence-corrected chi connectivity index (χ3v) is 2.97. The Balaban J connectivity index is 1.92. The third kappa shape index (κ3) is 5.21. The Hall–Kier alpha value is -1.56. The molecule has 1 atom stereocenters. The molecule has 20 heavy (non-hydrogen) atoms. The van der Waals surface area contributed by atoms with Crippen LogP contribution in [0.15, 0.2) is 30.3 Å². The van der Waals surface area contributed by atoms with Gasteiger partial charge in [-0.25, -0.2) is 0 Å². The zero-order valence-corrected chi connectivity index (χ0v) is 10.8. The van der Waals surface area contributed by atoms with Gasteiger partial charge in [0.2, 0.25) is 0 Å². The number of carbonyl (C=O) groups is 1. The molecule has 6 heteroatoms. The first-order valence-electron chi connectivity index (χ1n) is 6.48. The summed E-state index contributed by atoms with van der Waals surface area (Å²) in [6.07, 6.45) is -4.93. The second-order valence-corrected chi connectivity index (χ2v) is 4.92. The molecular weight excluding hydrogens is 271 g/mol. The second-order valence-electron chi connectivity index (χ2n) is 4.92. The minimum atomic E-state index is -4.38. The van der Waals surface area contributed by atoms with Gasteiger partial charge in [-0.3, -0.25) is 4.79 Å². The maximum Gasteiger partial charge on any atom is 0.393 e. The highest BCUT2D eigenvalue weighted by Gasteiger charge is 2.34. The Morgan fingerprint density at radius 3 is 2.50 bits per heavy atom. The number of halogens is 3. The molecular formula is C14H16F3NO2. The Labute approximate surface area is 115 Å². The van der Waals surface area contributed by atoms with Crippen molar-refractivity contribution < 1.29 is 22.7 Å². The average molecular weight is 287 g/mol. The van der Waals surface area contributed by atoms with Gasteiger partial charge >= 0.3 is 6.18 Å². The van der Waals surface area contributed by atoms with Crippen molar-refractivity contribution in [2.45, 2.75) is 31.7 Å². The molecule has 0 spiro atoms. The van der Waals surface area contributed by atoms with Gasteiger partial charge in [-0.1, -0.05) is 18.2 Å². The van der Waals surface area contributed by atoms with Crippen LogP contribution in [-0.4, -0.2) is 24.9 Å². The van der Waals surface area contributed by atoms with E-state index in [0.29, 0.717) is 11.5 Å². The van der Waals surface area contributed by atoms with Crippen LogP contribution in [0.2, 0.25) is 0 Å². The van der Waals surface area contributed by atoms with Crippen molar-refractivity contribution >= 4 is 5.91 Å². The molecule has 1 aromatic carbocycles. The first-order valence-corrected chi connectivity index (χ1v) is 6.48. The Morgan fingerprint density at radius 1 is 1.30 bits per heavy atom. The summed E-state index contributed by atoms with van der Waals surface area (Å²) in [5.41, 5.74) is 0.315. The molecule has 1 saturated carbocycles. The lowest BCUT2D eigenvalue weighted by atomic mass is 10.2. The fourth-order valence-corrected chi connectivity index (χ4v) is 1.72. The Bertz CT molecular complexity index is 443. The highest BCUT2D eigenvalue weighted by atomic mass is 19.4. The number of amides is 1. The van der Waals surface area contributed by atoms with Gasteiger partial charge < -0.3 is 10.1 Å². The number of hydrogen-bond donors (Lipinski definition) is 1. The molecule has 0 aromatic heterocycles. The van der Waals surface area contributed by atoms with Crippen LogP contribution in [-0.2, 0) is 4.74 Å². The molecule has 1 aliphatic rings. The fourth-order valence-electron chi connectivity index (χ4n) is 1.72. The van der Waals surface area contributed by atoms with E-state index >= 15 is 0 Å². The van der Waals surface area contributed by atoms with Crippen molar-refractivity contribution in [1.82, 2.24) is 5.32 Å². The van der Waals surface area contributed by atoms with E-state index in [2.05, 4.69) is 5.32 Å². The first-order chi connectivity index (χ1) is 9.44. The van der Waals surface area contributed by atoms with E-state index in [1.165, 1.54) is 0 Å². The number of alkyl halides is 3. The standard InChI is InChI=1S/C14H16F3NO2/c15-14(16,17)8-12(20-9-10-6-7-10)18-13(19)11-4-2-1-3-5-11/h1-5,10,12H,6-9H2,(H,18,19)/t12-/m0/s1. The molecule has 3 nitrogen and oxygen atoms in total. The van der Waals surface area contributed by atoms with Gasteiger partial charge in [0, 0.05) is 5.56 Å². The number of ether oxygens (including phenoxy) is 1. The predicted octanol–water partition coefficient (Wildman–Crippen LogP) is 3.12.